The van der Waals surface area contributed by atoms with Gasteiger partial charge in [-0.05, 0) is 51.9 Å². The molecule has 0 radical (unpaired) electrons. The number of hydrogen-bond donors (Lipinski definition) is 0. The molecule has 3 heteroatoms. The lowest BCUT2D eigenvalue weighted by Crippen LogP contribution is -2.30. The van der Waals surface area contributed by atoms with Crippen LogP contribution in [0.3, 0.4) is 0 Å². The van der Waals surface area contributed by atoms with Gasteiger partial charge in [-0.25, -0.2) is 4.79 Å². The number of rotatable bonds is 4. The zero-order chi connectivity index (χ0) is 13.0. The third kappa shape index (κ3) is 3.33. The molecule has 1 aliphatic rings. The van der Waals surface area contributed by atoms with Gasteiger partial charge >= 0.3 is 5.97 Å². The van der Waals surface area contributed by atoms with Crippen LogP contribution in [0.1, 0.15) is 36.5 Å². The Morgan fingerprint density at radius 3 is 2.78 bits per heavy atom. The van der Waals surface area contributed by atoms with Gasteiger partial charge in [-0.2, -0.15) is 0 Å². The molecule has 1 saturated heterocycles. The molecule has 1 aromatic rings. The Morgan fingerprint density at radius 1 is 1.44 bits per heavy atom. The molecule has 0 amide bonds. The fourth-order valence-electron chi connectivity index (χ4n) is 2.53. The van der Waals surface area contributed by atoms with Crippen molar-refractivity contribution in [2.75, 3.05) is 13.6 Å². The maximum Gasteiger partial charge on any atom is 0.338 e. The van der Waals surface area contributed by atoms with E-state index in [0.29, 0.717) is 11.6 Å². The molecule has 1 heterocycles. The predicted octanol–water partition coefficient (Wildman–Crippen LogP) is 2.72. The zero-order valence-electron chi connectivity index (χ0n) is 11.1. The fraction of sp³-hybridized carbons (Fsp3) is 0.533. The van der Waals surface area contributed by atoms with Crippen LogP contribution in [0.2, 0.25) is 0 Å². The van der Waals surface area contributed by atoms with E-state index in [9.17, 15) is 4.79 Å². The Kier molecular flexibility index (Phi) is 4.37. The molecule has 98 valence electrons. The average molecular weight is 247 g/mol. The molecular formula is C15H21NO2. The molecule has 0 spiro atoms. The first-order valence-electron chi connectivity index (χ1n) is 6.63. The minimum Gasteiger partial charge on any atom is -0.459 e. The fourth-order valence-corrected chi connectivity index (χ4v) is 2.53. The highest BCUT2D eigenvalue weighted by atomic mass is 16.5. The number of likely N-dealkylation sites (tertiary alicyclic amines) is 1. The van der Waals surface area contributed by atoms with Gasteiger partial charge in [0.1, 0.15) is 6.10 Å². The van der Waals surface area contributed by atoms with Crippen molar-refractivity contribution in [2.45, 2.75) is 38.3 Å². The summed E-state index contributed by atoms with van der Waals surface area (Å²) in [7, 11) is 2.14. The quantitative estimate of drug-likeness (QED) is 0.766. The first kappa shape index (κ1) is 13.1. The lowest BCUT2D eigenvalue weighted by molar-refractivity contribution is 0.0278. The van der Waals surface area contributed by atoms with Crippen LogP contribution < -0.4 is 0 Å². The summed E-state index contributed by atoms with van der Waals surface area (Å²) in [6.07, 6.45) is 3.36. The van der Waals surface area contributed by atoms with Gasteiger partial charge in [-0.1, -0.05) is 18.2 Å². The van der Waals surface area contributed by atoms with Crippen LogP contribution in [0.15, 0.2) is 30.3 Å². The summed E-state index contributed by atoms with van der Waals surface area (Å²) in [6, 6.07) is 9.74. The van der Waals surface area contributed by atoms with Crippen molar-refractivity contribution >= 4 is 5.97 Å². The normalized spacial score (nSPS) is 21.8. The van der Waals surface area contributed by atoms with E-state index in [0.717, 1.165) is 13.0 Å². The number of nitrogens with zero attached hydrogens (tertiary/aromatic N) is 1. The molecule has 1 fully saturated rings. The van der Waals surface area contributed by atoms with Crippen molar-refractivity contribution in [3.8, 4) is 0 Å². The molecule has 0 aromatic heterocycles. The third-order valence-corrected chi connectivity index (χ3v) is 3.59. The minimum atomic E-state index is -0.219. The Balaban J connectivity index is 1.84. The van der Waals surface area contributed by atoms with Gasteiger partial charge in [-0.3, -0.25) is 0 Å². The summed E-state index contributed by atoms with van der Waals surface area (Å²) in [4.78, 5) is 14.2. The lowest BCUT2D eigenvalue weighted by atomic mass is 10.1. The van der Waals surface area contributed by atoms with E-state index in [1.807, 2.05) is 25.1 Å². The molecule has 2 rings (SSSR count). The number of carbonyl (C=O) groups is 1. The van der Waals surface area contributed by atoms with E-state index in [-0.39, 0.29) is 12.1 Å². The molecule has 18 heavy (non-hydrogen) atoms. The number of benzene rings is 1. The van der Waals surface area contributed by atoms with Gasteiger partial charge in [0.2, 0.25) is 0 Å². The standard InChI is InChI=1S/C15H21NO2/c1-12(11-14-9-6-10-16(14)2)18-15(17)13-7-4-3-5-8-13/h3-5,7-8,12,14H,6,9-11H2,1-2H3/t12-,14-/m1/s1. The van der Waals surface area contributed by atoms with E-state index < -0.39 is 0 Å². The third-order valence-electron chi connectivity index (χ3n) is 3.59. The number of ether oxygens (including phenoxy) is 1. The first-order chi connectivity index (χ1) is 8.66. The maximum atomic E-state index is 11.9. The minimum absolute atomic E-state index is 0.0248. The van der Waals surface area contributed by atoms with Gasteiger partial charge in [-0.15, -0.1) is 0 Å². The van der Waals surface area contributed by atoms with E-state index in [2.05, 4.69) is 11.9 Å². The summed E-state index contributed by atoms with van der Waals surface area (Å²) in [5.41, 5.74) is 0.629. The average Bonchev–Trinajstić information content (AvgIpc) is 2.76. The summed E-state index contributed by atoms with van der Waals surface area (Å²) in [6.45, 7) is 3.14. The maximum absolute atomic E-state index is 11.9. The molecule has 1 aliphatic heterocycles. The number of hydrogen-bond acceptors (Lipinski definition) is 3. The molecule has 0 bridgehead atoms. The summed E-state index contributed by atoms with van der Waals surface area (Å²) >= 11 is 0. The highest BCUT2D eigenvalue weighted by molar-refractivity contribution is 5.89. The highest BCUT2D eigenvalue weighted by Gasteiger charge is 2.24. The van der Waals surface area contributed by atoms with Crippen molar-refractivity contribution in [3.05, 3.63) is 35.9 Å². The Morgan fingerprint density at radius 2 is 2.17 bits per heavy atom. The molecule has 2 atom stereocenters. The summed E-state index contributed by atoms with van der Waals surface area (Å²) < 4.78 is 5.48. The molecule has 1 aromatic carbocycles. The molecular weight excluding hydrogens is 226 g/mol. The highest BCUT2D eigenvalue weighted by Crippen LogP contribution is 2.20. The van der Waals surface area contributed by atoms with Gasteiger partial charge in [0.15, 0.2) is 0 Å². The van der Waals surface area contributed by atoms with Crippen LogP contribution in [0, 0.1) is 0 Å². The predicted molar refractivity (Wildman–Crippen MR) is 71.6 cm³/mol. The van der Waals surface area contributed by atoms with Crippen molar-refractivity contribution in [1.29, 1.82) is 0 Å². The topological polar surface area (TPSA) is 29.5 Å². The lowest BCUT2D eigenvalue weighted by Gasteiger charge is -2.23. The second kappa shape index (κ2) is 6.01. The molecule has 0 aliphatic carbocycles. The molecule has 0 unspecified atom stereocenters. The van der Waals surface area contributed by atoms with Crippen molar-refractivity contribution in [3.63, 3.8) is 0 Å². The molecule has 0 saturated carbocycles. The van der Waals surface area contributed by atoms with E-state index >= 15 is 0 Å². The van der Waals surface area contributed by atoms with Gasteiger partial charge in [0.05, 0.1) is 5.56 Å². The Bertz CT molecular complexity index is 391. The van der Waals surface area contributed by atoms with Crippen molar-refractivity contribution < 1.29 is 9.53 Å². The monoisotopic (exact) mass is 247 g/mol. The van der Waals surface area contributed by atoms with E-state index in [1.54, 1.807) is 12.1 Å². The van der Waals surface area contributed by atoms with Crippen LogP contribution in [0.5, 0.6) is 0 Å². The SMILES string of the molecule is C[C@H](C[C@H]1CCCN1C)OC(=O)c1ccccc1. The van der Waals surface area contributed by atoms with Crippen LogP contribution in [0.4, 0.5) is 0 Å². The zero-order valence-corrected chi connectivity index (χ0v) is 11.1. The summed E-state index contributed by atoms with van der Waals surface area (Å²) in [5.74, 6) is -0.219. The Hall–Kier alpha value is -1.35. The van der Waals surface area contributed by atoms with Gasteiger partial charge < -0.3 is 9.64 Å². The Labute approximate surface area is 109 Å². The molecule has 0 N–H and O–H groups in total. The first-order valence-corrected chi connectivity index (χ1v) is 6.63. The van der Waals surface area contributed by atoms with E-state index in [1.165, 1.54) is 12.8 Å². The second-order valence-corrected chi connectivity index (χ2v) is 5.09. The van der Waals surface area contributed by atoms with Crippen LogP contribution >= 0.6 is 0 Å². The number of esters is 1. The number of carbonyl (C=O) groups excluding carboxylic acids is 1. The van der Waals surface area contributed by atoms with E-state index in [4.69, 9.17) is 4.74 Å². The molecule has 3 nitrogen and oxygen atoms in total. The summed E-state index contributed by atoms with van der Waals surface area (Å²) in [5, 5.41) is 0. The smallest absolute Gasteiger partial charge is 0.338 e. The largest absolute Gasteiger partial charge is 0.459 e. The van der Waals surface area contributed by atoms with Crippen molar-refractivity contribution in [2.24, 2.45) is 0 Å². The van der Waals surface area contributed by atoms with Gasteiger partial charge in [0.25, 0.3) is 0 Å². The van der Waals surface area contributed by atoms with Crippen LogP contribution in [-0.4, -0.2) is 36.6 Å². The van der Waals surface area contributed by atoms with Crippen LogP contribution in [-0.2, 0) is 4.74 Å². The second-order valence-electron chi connectivity index (χ2n) is 5.09. The van der Waals surface area contributed by atoms with Crippen molar-refractivity contribution in [1.82, 2.24) is 4.90 Å². The van der Waals surface area contributed by atoms with Gasteiger partial charge in [0, 0.05) is 6.04 Å². The van der Waals surface area contributed by atoms with Crippen LogP contribution in [0.25, 0.3) is 0 Å².